The Balaban J connectivity index is 2.04. The fraction of sp³-hybridized carbons (Fsp3) is 0.278. The molecule has 0 radical (unpaired) electrons. The van der Waals surface area contributed by atoms with Gasteiger partial charge in [-0.25, -0.2) is 0 Å². The molecule has 0 aliphatic rings. The SMILES string of the molecule is COc1ccc(NC(=O)CNc2c(C)cc(C)cc2Cl)c(OC)c1. The summed E-state index contributed by atoms with van der Waals surface area (Å²) in [6.07, 6.45) is 0. The Morgan fingerprint density at radius 3 is 2.50 bits per heavy atom. The molecule has 0 fully saturated rings. The van der Waals surface area contributed by atoms with Crippen LogP contribution in [0.3, 0.4) is 0 Å². The van der Waals surface area contributed by atoms with E-state index in [0.717, 1.165) is 16.8 Å². The van der Waals surface area contributed by atoms with E-state index in [9.17, 15) is 4.79 Å². The minimum atomic E-state index is -0.200. The van der Waals surface area contributed by atoms with Gasteiger partial charge in [-0.1, -0.05) is 17.7 Å². The molecule has 0 unspecified atom stereocenters. The molecule has 0 aliphatic carbocycles. The molecule has 2 aromatic rings. The number of aryl methyl sites for hydroxylation is 2. The first-order valence-corrected chi connectivity index (χ1v) is 7.85. The second-order valence-electron chi connectivity index (χ2n) is 5.41. The van der Waals surface area contributed by atoms with E-state index in [1.54, 1.807) is 25.3 Å². The van der Waals surface area contributed by atoms with E-state index in [1.165, 1.54) is 7.11 Å². The number of halogens is 1. The Morgan fingerprint density at radius 1 is 1.12 bits per heavy atom. The molecule has 24 heavy (non-hydrogen) atoms. The van der Waals surface area contributed by atoms with Gasteiger partial charge in [-0.3, -0.25) is 4.79 Å². The van der Waals surface area contributed by atoms with Crippen molar-refractivity contribution in [2.45, 2.75) is 13.8 Å². The number of amides is 1. The van der Waals surface area contributed by atoms with E-state index < -0.39 is 0 Å². The molecule has 0 atom stereocenters. The maximum absolute atomic E-state index is 12.2. The van der Waals surface area contributed by atoms with Crippen LogP contribution < -0.4 is 20.1 Å². The molecule has 0 aromatic heterocycles. The molecular weight excluding hydrogens is 328 g/mol. The third-order valence-electron chi connectivity index (χ3n) is 3.54. The maximum Gasteiger partial charge on any atom is 0.243 e. The monoisotopic (exact) mass is 348 g/mol. The molecule has 5 nitrogen and oxygen atoms in total. The first-order valence-electron chi connectivity index (χ1n) is 7.47. The molecule has 128 valence electrons. The highest BCUT2D eigenvalue weighted by molar-refractivity contribution is 6.33. The number of nitrogens with one attached hydrogen (secondary N) is 2. The van der Waals surface area contributed by atoms with Gasteiger partial charge in [-0.15, -0.1) is 0 Å². The number of rotatable bonds is 6. The lowest BCUT2D eigenvalue weighted by Crippen LogP contribution is -2.22. The molecule has 0 aliphatic heterocycles. The van der Waals surface area contributed by atoms with Gasteiger partial charge in [0.1, 0.15) is 11.5 Å². The van der Waals surface area contributed by atoms with Crippen LogP contribution in [0.1, 0.15) is 11.1 Å². The number of carbonyl (C=O) groups is 1. The molecule has 0 heterocycles. The lowest BCUT2D eigenvalue weighted by molar-refractivity contribution is -0.114. The fourth-order valence-electron chi connectivity index (χ4n) is 2.40. The summed E-state index contributed by atoms with van der Waals surface area (Å²) in [5, 5.41) is 6.49. The second kappa shape index (κ2) is 7.93. The summed E-state index contributed by atoms with van der Waals surface area (Å²) in [7, 11) is 3.11. The zero-order valence-electron chi connectivity index (χ0n) is 14.2. The average Bonchev–Trinajstić information content (AvgIpc) is 2.54. The number of hydrogen-bond donors (Lipinski definition) is 2. The fourth-order valence-corrected chi connectivity index (χ4v) is 2.79. The predicted octanol–water partition coefficient (Wildman–Crippen LogP) is 4.02. The van der Waals surface area contributed by atoms with Gasteiger partial charge in [0.05, 0.1) is 37.2 Å². The highest BCUT2D eigenvalue weighted by Crippen LogP contribution is 2.29. The van der Waals surface area contributed by atoms with Crippen LogP contribution in [0.5, 0.6) is 11.5 Å². The van der Waals surface area contributed by atoms with Gasteiger partial charge in [0.2, 0.25) is 5.91 Å². The van der Waals surface area contributed by atoms with Gasteiger partial charge in [0, 0.05) is 6.07 Å². The molecule has 2 aromatic carbocycles. The van der Waals surface area contributed by atoms with Crippen LogP contribution in [0.15, 0.2) is 30.3 Å². The lowest BCUT2D eigenvalue weighted by Gasteiger charge is -2.14. The Bertz CT molecular complexity index is 724. The van der Waals surface area contributed by atoms with Crippen molar-refractivity contribution in [1.82, 2.24) is 0 Å². The Hall–Kier alpha value is -2.40. The number of carbonyl (C=O) groups excluding carboxylic acids is 1. The normalized spacial score (nSPS) is 10.2. The highest BCUT2D eigenvalue weighted by atomic mass is 35.5. The smallest absolute Gasteiger partial charge is 0.243 e. The summed E-state index contributed by atoms with van der Waals surface area (Å²) < 4.78 is 10.4. The van der Waals surface area contributed by atoms with Crippen LogP contribution in [0.4, 0.5) is 11.4 Å². The highest BCUT2D eigenvalue weighted by Gasteiger charge is 2.11. The second-order valence-corrected chi connectivity index (χ2v) is 5.81. The first kappa shape index (κ1) is 17.9. The van der Waals surface area contributed by atoms with Crippen molar-refractivity contribution in [2.75, 3.05) is 31.4 Å². The van der Waals surface area contributed by atoms with Crippen LogP contribution >= 0.6 is 11.6 Å². The summed E-state index contributed by atoms with van der Waals surface area (Å²) in [4.78, 5) is 12.2. The number of hydrogen-bond acceptors (Lipinski definition) is 4. The molecule has 6 heteroatoms. The largest absolute Gasteiger partial charge is 0.497 e. The van der Waals surface area contributed by atoms with Crippen molar-refractivity contribution in [3.63, 3.8) is 0 Å². The van der Waals surface area contributed by atoms with E-state index >= 15 is 0 Å². The lowest BCUT2D eigenvalue weighted by atomic mass is 10.1. The Morgan fingerprint density at radius 2 is 1.88 bits per heavy atom. The molecule has 2 N–H and O–H groups in total. The van der Waals surface area contributed by atoms with E-state index in [1.807, 2.05) is 26.0 Å². The van der Waals surface area contributed by atoms with E-state index in [0.29, 0.717) is 22.2 Å². The van der Waals surface area contributed by atoms with Crippen LogP contribution in [0.25, 0.3) is 0 Å². The molecule has 0 bridgehead atoms. The summed E-state index contributed by atoms with van der Waals surface area (Å²) in [6.45, 7) is 4.02. The third kappa shape index (κ3) is 4.32. The average molecular weight is 349 g/mol. The van der Waals surface area contributed by atoms with Crippen LogP contribution in [-0.2, 0) is 4.79 Å². The quantitative estimate of drug-likeness (QED) is 0.827. The van der Waals surface area contributed by atoms with Crippen molar-refractivity contribution in [3.05, 3.63) is 46.5 Å². The summed E-state index contributed by atoms with van der Waals surface area (Å²) in [5.41, 5.74) is 3.42. The van der Waals surface area contributed by atoms with Gasteiger partial charge < -0.3 is 20.1 Å². The van der Waals surface area contributed by atoms with E-state index in [-0.39, 0.29) is 12.5 Å². The molecular formula is C18H21ClN2O3. The van der Waals surface area contributed by atoms with Gasteiger partial charge in [-0.05, 0) is 43.2 Å². The first-order chi connectivity index (χ1) is 11.4. The van der Waals surface area contributed by atoms with Crippen LogP contribution in [-0.4, -0.2) is 26.7 Å². The zero-order valence-corrected chi connectivity index (χ0v) is 15.0. The van der Waals surface area contributed by atoms with E-state index in [2.05, 4.69) is 10.6 Å². The molecule has 0 saturated carbocycles. The minimum absolute atomic E-state index is 0.0960. The zero-order chi connectivity index (χ0) is 17.7. The van der Waals surface area contributed by atoms with Crippen molar-refractivity contribution < 1.29 is 14.3 Å². The third-order valence-corrected chi connectivity index (χ3v) is 3.84. The Labute approximate surface area is 146 Å². The number of anilines is 2. The summed E-state index contributed by atoms with van der Waals surface area (Å²) >= 11 is 6.23. The van der Waals surface area contributed by atoms with Crippen molar-refractivity contribution in [2.24, 2.45) is 0 Å². The van der Waals surface area contributed by atoms with Crippen molar-refractivity contribution in [1.29, 1.82) is 0 Å². The van der Waals surface area contributed by atoms with Crippen molar-refractivity contribution >= 4 is 28.9 Å². The van der Waals surface area contributed by atoms with Gasteiger partial charge in [0.25, 0.3) is 0 Å². The molecule has 0 spiro atoms. The maximum atomic E-state index is 12.2. The number of ether oxygens (including phenoxy) is 2. The molecule has 1 amide bonds. The summed E-state index contributed by atoms with van der Waals surface area (Å²) in [6, 6.07) is 9.08. The van der Waals surface area contributed by atoms with Crippen LogP contribution in [0.2, 0.25) is 5.02 Å². The number of benzene rings is 2. The van der Waals surface area contributed by atoms with E-state index in [4.69, 9.17) is 21.1 Å². The summed E-state index contributed by atoms with van der Waals surface area (Å²) in [5.74, 6) is 0.992. The van der Waals surface area contributed by atoms with Gasteiger partial charge >= 0.3 is 0 Å². The van der Waals surface area contributed by atoms with Crippen molar-refractivity contribution in [3.8, 4) is 11.5 Å². The van der Waals surface area contributed by atoms with Gasteiger partial charge in [-0.2, -0.15) is 0 Å². The van der Waals surface area contributed by atoms with Gasteiger partial charge in [0.15, 0.2) is 0 Å². The van der Waals surface area contributed by atoms with Crippen LogP contribution in [0, 0.1) is 13.8 Å². The predicted molar refractivity (Wildman–Crippen MR) is 97.6 cm³/mol. The minimum Gasteiger partial charge on any atom is -0.497 e. The number of methoxy groups -OCH3 is 2. The Kier molecular flexibility index (Phi) is 5.93. The molecule has 2 rings (SSSR count). The molecule has 0 saturated heterocycles. The topological polar surface area (TPSA) is 59.6 Å². The standard InChI is InChI=1S/C18H21ClN2O3/c1-11-7-12(2)18(14(19)8-11)20-10-17(22)21-15-6-5-13(23-3)9-16(15)24-4/h5-9,20H,10H2,1-4H3,(H,21,22).